The van der Waals surface area contributed by atoms with Crippen LogP contribution in [0, 0.1) is 0 Å². The Morgan fingerprint density at radius 2 is 1.25 bits per heavy atom. The zero-order valence-corrected chi connectivity index (χ0v) is 14.6. The quantitative estimate of drug-likeness (QED) is 0.505. The molecular weight excluding hydrogens is 369 g/mol. The van der Waals surface area contributed by atoms with Crippen molar-refractivity contribution in [3.63, 3.8) is 0 Å². The lowest BCUT2D eigenvalue weighted by molar-refractivity contribution is 0.420. The Labute approximate surface area is 154 Å². The molecule has 0 fully saturated rings. The molecule has 2 N–H and O–H groups in total. The molecule has 0 aliphatic heterocycles. The maximum absolute atomic E-state index is 6.15. The zero-order valence-electron chi connectivity index (χ0n) is 12.3. The minimum atomic E-state index is 0.391. The molecule has 0 amide bonds. The van der Waals surface area contributed by atoms with Crippen molar-refractivity contribution in [2.45, 2.75) is 0 Å². The summed E-state index contributed by atoms with van der Waals surface area (Å²) in [6.07, 6.45) is 0. The van der Waals surface area contributed by atoms with Gasteiger partial charge in [0.05, 0.1) is 10.7 Å². The van der Waals surface area contributed by atoms with Gasteiger partial charge < -0.3 is 15.2 Å². The molecular formula is C18H12Cl3NO2. The van der Waals surface area contributed by atoms with Crippen molar-refractivity contribution < 1.29 is 9.47 Å². The lowest BCUT2D eigenvalue weighted by atomic mass is 10.3. The lowest BCUT2D eigenvalue weighted by Gasteiger charge is -2.14. The van der Waals surface area contributed by atoms with Gasteiger partial charge in [-0.15, -0.1) is 0 Å². The summed E-state index contributed by atoms with van der Waals surface area (Å²) in [7, 11) is 0. The molecule has 0 aliphatic carbocycles. The highest BCUT2D eigenvalue weighted by molar-refractivity contribution is 6.35. The first-order valence-corrected chi connectivity index (χ1v) is 8.11. The first kappa shape index (κ1) is 16.8. The second-order valence-electron chi connectivity index (χ2n) is 4.91. The number of hydrogen-bond acceptors (Lipinski definition) is 3. The summed E-state index contributed by atoms with van der Waals surface area (Å²) in [5, 5.41) is 1.42. The minimum Gasteiger partial charge on any atom is -0.452 e. The van der Waals surface area contributed by atoms with Gasteiger partial charge >= 0.3 is 0 Å². The summed E-state index contributed by atoms with van der Waals surface area (Å²) in [5.74, 6) is 1.83. The van der Waals surface area contributed by atoms with Crippen molar-refractivity contribution in [1.82, 2.24) is 0 Å². The van der Waals surface area contributed by atoms with Crippen LogP contribution in [-0.2, 0) is 0 Å². The molecule has 0 heterocycles. The van der Waals surface area contributed by atoms with E-state index < -0.39 is 0 Å². The van der Waals surface area contributed by atoms with Gasteiger partial charge in [-0.05, 0) is 42.5 Å². The van der Waals surface area contributed by atoms with Crippen molar-refractivity contribution in [1.29, 1.82) is 0 Å². The Balaban J connectivity index is 1.95. The smallest absolute Gasteiger partial charge is 0.171 e. The van der Waals surface area contributed by atoms with E-state index in [2.05, 4.69) is 0 Å². The zero-order chi connectivity index (χ0) is 17.1. The van der Waals surface area contributed by atoms with Crippen molar-refractivity contribution in [2.75, 3.05) is 5.73 Å². The Hall–Kier alpha value is -2.07. The fourth-order valence-corrected chi connectivity index (χ4v) is 2.62. The molecule has 0 aromatic heterocycles. The van der Waals surface area contributed by atoms with E-state index in [1.165, 1.54) is 0 Å². The molecule has 0 saturated heterocycles. The van der Waals surface area contributed by atoms with Gasteiger partial charge in [0.2, 0.25) is 0 Å². The molecule has 6 heteroatoms. The molecule has 0 atom stereocenters. The van der Waals surface area contributed by atoms with Crippen LogP contribution in [0.5, 0.6) is 23.0 Å². The highest BCUT2D eigenvalue weighted by Crippen LogP contribution is 2.40. The predicted octanol–water partition coefficient (Wildman–Crippen LogP) is 6.81. The van der Waals surface area contributed by atoms with Crippen molar-refractivity contribution in [2.24, 2.45) is 0 Å². The van der Waals surface area contributed by atoms with Gasteiger partial charge in [-0.1, -0.05) is 46.9 Å². The Kier molecular flexibility index (Phi) is 5.05. The number of hydrogen-bond donors (Lipinski definition) is 1. The van der Waals surface area contributed by atoms with Crippen molar-refractivity contribution in [3.8, 4) is 23.0 Å². The number of nitrogen functional groups attached to an aromatic ring is 1. The number of ether oxygens (including phenoxy) is 2. The third-order valence-electron chi connectivity index (χ3n) is 3.16. The average Bonchev–Trinajstić information content (AvgIpc) is 2.54. The molecule has 3 rings (SSSR count). The number of anilines is 1. The molecule has 0 aliphatic rings. The topological polar surface area (TPSA) is 44.5 Å². The molecule has 122 valence electrons. The Bertz CT molecular complexity index is 884. The molecule has 0 spiro atoms. The van der Waals surface area contributed by atoms with Crippen LogP contribution in [0.3, 0.4) is 0 Å². The number of nitrogens with two attached hydrogens (primary N) is 1. The fraction of sp³-hybridized carbons (Fsp3) is 0. The Morgan fingerprint density at radius 3 is 1.96 bits per heavy atom. The van der Waals surface area contributed by atoms with Crippen LogP contribution in [0.2, 0.25) is 15.1 Å². The number of rotatable bonds is 4. The van der Waals surface area contributed by atoms with Crippen molar-refractivity contribution >= 4 is 40.5 Å². The maximum atomic E-state index is 6.15. The molecule has 0 unspecified atom stereocenters. The summed E-state index contributed by atoms with van der Waals surface area (Å²) in [6.45, 7) is 0. The van der Waals surface area contributed by atoms with Gasteiger partial charge in [-0.2, -0.15) is 0 Å². The van der Waals surface area contributed by atoms with E-state index in [-0.39, 0.29) is 0 Å². The highest BCUT2D eigenvalue weighted by Gasteiger charge is 2.12. The van der Waals surface area contributed by atoms with Gasteiger partial charge in [0.25, 0.3) is 0 Å². The van der Waals surface area contributed by atoms with Crippen LogP contribution in [0.15, 0.2) is 60.7 Å². The third kappa shape index (κ3) is 3.88. The molecule has 0 radical (unpaired) electrons. The maximum Gasteiger partial charge on any atom is 0.171 e. The molecule has 24 heavy (non-hydrogen) atoms. The van der Waals surface area contributed by atoms with Crippen molar-refractivity contribution in [3.05, 3.63) is 75.7 Å². The number of benzene rings is 3. The van der Waals surface area contributed by atoms with Gasteiger partial charge in [-0.3, -0.25) is 0 Å². The largest absolute Gasteiger partial charge is 0.452 e. The van der Waals surface area contributed by atoms with E-state index in [0.29, 0.717) is 43.8 Å². The van der Waals surface area contributed by atoms with Crippen LogP contribution >= 0.6 is 34.8 Å². The van der Waals surface area contributed by atoms with E-state index in [9.17, 15) is 0 Å². The summed E-state index contributed by atoms with van der Waals surface area (Å²) in [4.78, 5) is 0. The molecule has 3 aromatic rings. The van der Waals surface area contributed by atoms with Gasteiger partial charge in [-0.25, -0.2) is 0 Å². The van der Waals surface area contributed by atoms with E-state index in [1.807, 2.05) is 12.1 Å². The Morgan fingerprint density at radius 1 is 0.625 bits per heavy atom. The highest BCUT2D eigenvalue weighted by atomic mass is 35.5. The standard InChI is InChI=1S/C18H12Cl3NO2/c19-11-5-7-15(13(21)9-11)23-17-8-6-12(20)10-18(17)24-16-4-2-1-3-14(16)22/h1-10H,22H2. The van der Waals surface area contributed by atoms with Crippen LogP contribution < -0.4 is 15.2 Å². The van der Waals surface area contributed by atoms with Gasteiger partial charge in [0.1, 0.15) is 5.75 Å². The summed E-state index contributed by atoms with van der Waals surface area (Å²) >= 11 is 18.1. The number of halogens is 3. The predicted molar refractivity (Wildman–Crippen MR) is 98.9 cm³/mol. The third-order valence-corrected chi connectivity index (χ3v) is 3.92. The minimum absolute atomic E-state index is 0.391. The molecule has 0 bridgehead atoms. The van der Waals surface area contributed by atoms with Gasteiger partial charge in [0, 0.05) is 16.1 Å². The number of para-hydroxylation sites is 2. The lowest BCUT2D eigenvalue weighted by Crippen LogP contribution is -1.94. The molecule has 0 saturated carbocycles. The van der Waals surface area contributed by atoms with E-state index >= 15 is 0 Å². The van der Waals surface area contributed by atoms with Gasteiger partial charge in [0.15, 0.2) is 17.2 Å². The fourth-order valence-electron chi connectivity index (χ4n) is 2.01. The second-order valence-corrected chi connectivity index (χ2v) is 6.19. The first-order valence-electron chi connectivity index (χ1n) is 6.98. The van der Waals surface area contributed by atoms with Crippen LogP contribution in [0.25, 0.3) is 0 Å². The molecule has 3 aromatic carbocycles. The summed E-state index contributed by atoms with van der Waals surface area (Å²) in [6, 6.07) is 17.2. The monoisotopic (exact) mass is 379 g/mol. The average molecular weight is 381 g/mol. The summed E-state index contributed by atoms with van der Waals surface area (Å²) in [5.41, 5.74) is 6.42. The van der Waals surface area contributed by atoms with Crippen LogP contribution in [0.1, 0.15) is 0 Å². The van der Waals surface area contributed by atoms with Crippen LogP contribution in [-0.4, -0.2) is 0 Å². The van der Waals surface area contributed by atoms with Crippen LogP contribution in [0.4, 0.5) is 5.69 Å². The SMILES string of the molecule is Nc1ccccc1Oc1cc(Cl)ccc1Oc1ccc(Cl)cc1Cl. The second kappa shape index (κ2) is 7.22. The molecule has 3 nitrogen and oxygen atoms in total. The van der Waals surface area contributed by atoms with E-state index in [0.717, 1.165) is 0 Å². The normalized spacial score (nSPS) is 10.5. The van der Waals surface area contributed by atoms with E-state index in [1.54, 1.807) is 48.5 Å². The van der Waals surface area contributed by atoms with E-state index in [4.69, 9.17) is 50.0 Å². The summed E-state index contributed by atoms with van der Waals surface area (Å²) < 4.78 is 11.7. The first-order chi connectivity index (χ1) is 11.5.